The Morgan fingerprint density at radius 3 is 2.66 bits per heavy atom. The van der Waals surface area contributed by atoms with Crippen LogP contribution in [-0.2, 0) is 38.3 Å². The van der Waals surface area contributed by atoms with Crippen LogP contribution < -0.4 is 5.06 Å². The van der Waals surface area contributed by atoms with Gasteiger partial charge in [0.2, 0.25) is 0 Å². The minimum atomic E-state index is -0.586. The van der Waals surface area contributed by atoms with Crippen LogP contribution in [0.25, 0.3) is 33.2 Å². The molecule has 1 unspecified atom stereocenters. The Hall–Kier alpha value is -3.75. The van der Waals surface area contributed by atoms with Crippen molar-refractivity contribution in [1.29, 1.82) is 0 Å². The minimum Gasteiger partial charge on any atom is -0.445 e. The molecule has 1 aliphatic heterocycles. The number of hydrogen-bond acceptors (Lipinski definition) is 6. The van der Waals surface area contributed by atoms with E-state index in [1.54, 1.807) is 18.4 Å². The summed E-state index contributed by atoms with van der Waals surface area (Å²) in [6.07, 6.45) is 8.35. The lowest BCUT2D eigenvalue weighted by molar-refractivity contribution is -0.166. The van der Waals surface area contributed by atoms with Crippen molar-refractivity contribution in [3.05, 3.63) is 99.9 Å². The summed E-state index contributed by atoms with van der Waals surface area (Å²) in [6.45, 7) is 1.07. The van der Waals surface area contributed by atoms with Crippen LogP contribution in [0.5, 0.6) is 0 Å². The Balaban J connectivity index is 1.13. The van der Waals surface area contributed by atoms with Gasteiger partial charge in [-0.3, -0.25) is 0 Å². The quantitative estimate of drug-likeness (QED) is 0.148. The lowest BCUT2D eigenvalue weighted by atomic mass is 9.78. The number of thiophene rings is 1. The van der Waals surface area contributed by atoms with Crippen LogP contribution in [0.1, 0.15) is 52.8 Å². The maximum absolute atomic E-state index is 13.1. The molecule has 44 heavy (non-hydrogen) atoms. The molecule has 3 aromatic carbocycles. The van der Waals surface area contributed by atoms with Crippen LogP contribution in [0.3, 0.4) is 0 Å². The van der Waals surface area contributed by atoms with Crippen molar-refractivity contribution >= 4 is 34.8 Å². The molecule has 1 aromatic heterocycles. The summed E-state index contributed by atoms with van der Waals surface area (Å²) in [4.78, 5) is 21.5. The molecule has 0 radical (unpaired) electrons. The van der Waals surface area contributed by atoms with Gasteiger partial charge >= 0.3 is 6.09 Å². The van der Waals surface area contributed by atoms with Crippen LogP contribution in [0.15, 0.2) is 72.8 Å². The van der Waals surface area contributed by atoms with Crippen molar-refractivity contribution in [2.24, 2.45) is 0 Å². The SMILES string of the molecule is COCCOC(=O)N(OC1CCCCO1)c1cccc(-c2ccc(C3=Cc4ccc5c(c4CC3)CCc3ccccc3-5)s2)c1. The van der Waals surface area contributed by atoms with E-state index in [9.17, 15) is 4.79 Å². The molecule has 2 aliphatic carbocycles. The van der Waals surface area contributed by atoms with Crippen molar-refractivity contribution in [2.75, 3.05) is 32.0 Å². The second-order valence-electron chi connectivity index (χ2n) is 11.5. The van der Waals surface area contributed by atoms with Crippen LogP contribution in [-0.4, -0.2) is 39.3 Å². The molecule has 226 valence electrons. The number of aryl methyl sites for hydroxylation is 1. The number of fused-ring (bicyclic) bond motifs is 5. The molecule has 0 N–H and O–H groups in total. The zero-order valence-electron chi connectivity index (χ0n) is 25.1. The highest BCUT2D eigenvalue weighted by Crippen LogP contribution is 2.42. The number of carbonyl (C=O) groups excluding carboxylic acids is 1. The van der Waals surface area contributed by atoms with Gasteiger partial charge in [-0.1, -0.05) is 54.6 Å². The number of hydroxylamine groups is 1. The van der Waals surface area contributed by atoms with Gasteiger partial charge in [-0.25, -0.2) is 9.63 Å². The molecule has 1 saturated heterocycles. The highest BCUT2D eigenvalue weighted by atomic mass is 32.1. The molecular formula is C37H37NO5S. The standard InChI is InChI=1S/C37H37NO5S/c1-40-21-22-42-37(39)38(43-36-11-4-5-20-41-36)29-9-6-8-27(24-29)34-18-19-35(44-34)28-14-15-31-26(23-28)13-17-32-30-10-3-2-7-25(30)12-16-33(31)32/h2-3,6-10,13,17-19,23-24,36H,4-5,11-12,14-16,20-22H2,1H3. The zero-order chi connectivity index (χ0) is 29.9. The van der Waals surface area contributed by atoms with Gasteiger partial charge < -0.3 is 14.2 Å². The smallest absolute Gasteiger partial charge is 0.438 e. The Morgan fingerprint density at radius 2 is 1.77 bits per heavy atom. The maximum atomic E-state index is 13.1. The molecule has 1 amide bonds. The number of methoxy groups -OCH3 is 1. The second-order valence-corrected chi connectivity index (χ2v) is 12.6. The van der Waals surface area contributed by atoms with Gasteiger partial charge in [0, 0.05) is 29.9 Å². The van der Waals surface area contributed by atoms with E-state index in [-0.39, 0.29) is 6.61 Å². The second kappa shape index (κ2) is 13.1. The molecule has 1 atom stereocenters. The maximum Gasteiger partial charge on any atom is 0.438 e. The normalized spacial score (nSPS) is 17.2. The fourth-order valence-electron chi connectivity index (χ4n) is 6.50. The molecule has 0 bridgehead atoms. The Labute approximate surface area is 262 Å². The van der Waals surface area contributed by atoms with E-state index in [0.29, 0.717) is 18.9 Å². The predicted octanol–water partition coefficient (Wildman–Crippen LogP) is 8.72. The first-order chi connectivity index (χ1) is 21.7. The number of hydrogen-bond donors (Lipinski definition) is 0. The fraction of sp³-hybridized carbons (Fsp3) is 0.324. The molecule has 4 aromatic rings. The Kier molecular flexibility index (Phi) is 8.62. The molecule has 0 saturated carbocycles. The minimum absolute atomic E-state index is 0.142. The van der Waals surface area contributed by atoms with E-state index in [2.05, 4.69) is 60.7 Å². The average molecular weight is 608 g/mol. The highest BCUT2D eigenvalue weighted by Gasteiger charge is 2.26. The predicted molar refractivity (Wildman–Crippen MR) is 176 cm³/mol. The molecule has 0 spiro atoms. The lowest BCUT2D eigenvalue weighted by Gasteiger charge is -2.29. The molecule has 3 aliphatic rings. The van der Waals surface area contributed by atoms with Gasteiger partial charge in [-0.15, -0.1) is 11.3 Å². The Bertz CT molecular complexity index is 1680. The molecule has 7 heteroatoms. The van der Waals surface area contributed by atoms with Crippen molar-refractivity contribution in [3.8, 4) is 21.6 Å². The molecule has 1 fully saturated rings. The topological polar surface area (TPSA) is 57.2 Å². The molecule has 2 heterocycles. The first-order valence-electron chi connectivity index (χ1n) is 15.6. The number of anilines is 1. The first kappa shape index (κ1) is 29.0. The number of ether oxygens (including phenoxy) is 3. The summed E-state index contributed by atoms with van der Waals surface area (Å²) in [7, 11) is 1.57. The van der Waals surface area contributed by atoms with Gasteiger partial charge in [0.25, 0.3) is 0 Å². The number of nitrogens with zero attached hydrogens (tertiary/aromatic N) is 1. The van der Waals surface area contributed by atoms with Gasteiger partial charge in [0.15, 0.2) is 6.29 Å². The fourth-order valence-corrected chi connectivity index (χ4v) is 7.54. The van der Waals surface area contributed by atoms with E-state index in [1.807, 2.05) is 18.2 Å². The van der Waals surface area contributed by atoms with Crippen molar-refractivity contribution in [1.82, 2.24) is 0 Å². The number of benzene rings is 3. The summed E-state index contributed by atoms with van der Waals surface area (Å²) in [5, 5.41) is 1.23. The number of amides is 1. The van der Waals surface area contributed by atoms with Gasteiger partial charge in [-0.2, -0.15) is 5.06 Å². The molecular weight excluding hydrogens is 570 g/mol. The van der Waals surface area contributed by atoms with Gasteiger partial charge in [0.05, 0.1) is 12.3 Å². The lowest BCUT2D eigenvalue weighted by Crippen LogP contribution is -2.38. The van der Waals surface area contributed by atoms with Gasteiger partial charge in [0.1, 0.15) is 6.61 Å². The third-order valence-electron chi connectivity index (χ3n) is 8.72. The molecule has 6 nitrogen and oxygen atoms in total. The van der Waals surface area contributed by atoms with Crippen molar-refractivity contribution < 1.29 is 23.8 Å². The molecule has 7 rings (SSSR count). The summed E-state index contributed by atoms with van der Waals surface area (Å²) >= 11 is 1.78. The zero-order valence-corrected chi connectivity index (χ0v) is 25.9. The van der Waals surface area contributed by atoms with Crippen LogP contribution >= 0.6 is 11.3 Å². The highest BCUT2D eigenvalue weighted by molar-refractivity contribution is 7.16. The van der Waals surface area contributed by atoms with Crippen LogP contribution in [0, 0.1) is 0 Å². The van der Waals surface area contributed by atoms with Crippen molar-refractivity contribution in [2.45, 2.75) is 51.2 Å². The van der Waals surface area contributed by atoms with E-state index >= 15 is 0 Å². The summed E-state index contributed by atoms with van der Waals surface area (Å²) in [5.74, 6) is 0. The van der Waals surface area contributed by atoms with E-state index in [1.165, 1.54) is 48.9 Å². The van der Waals surface area contributed by atoms with Gasteiger partial charge in [-0.05, 0) is 107 Å². The number of allylic oxidation sites excluding steroid dienone is 1. The first-order valence-corrected chi connectivity index (χ1v) is 16.4. The summed E-state index contributed by atoms with van der Waals surface area (Å²) in [6, 6.07) is 25.7. The van der Waals surface area contributed by atoms with E-state index in [0.717, 1.165) is 55.4 Å². The summed E-state index contributed by atoms with van der Waals surface area (Å²) in [5.41, 5.74) is 11.7. The van der Waals surface area contributed by atoms with Crippen LogP contribution in [0.2, 0.25) is 0 Å². The third-order valence-corrected chi connectivity index (χ3v) is 9.93. The monoisotopic (exact) mass is 607 g/mol. The average Bonchev–Trinajstić information content (AvgIpc) is 3.58. The largest absolute Gasteiger partial charge is 0.445 e. The van der Waals surface area contributed by atoms with E-state index < -0.39 is 12.4 Å². The third kappa shape index (κ3) is 5.97. The number of rotatable bonds is 8. The number of carbonyl (C=O) groups is 1. The Morgan fingerprint density at radius 1 is 0.886 bits per heavy atom. The summed E-state index contributed by atoms with van der Waals surface area (Å²) < 4.78 is 16.2. The van der Waals surface area contributed by atoms with Crippen molar-refractivity contribution in [3.63, 3.8) is 0 Å². The van der Waals surface area contributed by atoms with E-state index in [4.69, 9.17) is 19.0 Å². The van der Waals surface area contributed by atoms with Crippen LogP contribution in [0.4, 0.5) is 10.5 Å².